The number of nitrogens with two attached hydrogens (primary N) is 1. The summed E-state index contributed by atoms with van der Waals surface area (Å²) in [4.78, 5) is 0. The lowest BCUT2D eigenvalue weighted by atomic mass is 10.0. The number of benzene rings is 1. The first-order valence-electron chi connectivity index (χ1n) is 3.91. The van der Waals surface area contributed by atoms with Crippen LogP contribution >= 0.6 is 23.2 Å². The molecule has 2 nitrogen and oxygen atoms in total. The van der Waals surface area contributed by atoms with Gasteiger partial charge in [0.05, 0.1) is 12.1 Å². The highest BCUT2D eigenvalue weighted by atomic mass is 35.5. The molecule has 0 unspecified atom stereocenters. The normalized spacial score (nSPS) is 15.5. The lowest BCUT2D eigenvalue weighted by molar-refractivity contribution is 0.164. The minimum Gasteiger partial charge on any atom is -0.391 e. The molecule has 4 heteroatoms. The van der Waals surface area contributed by atoms with E-state index in [1.807, 2.05) is 0 Å². The monoisotopic (exact) mass is 219 g/mol. The van der Waals surface area contributed by atoms with E-state index in [-0.39, 0.29) is 0 Å². The number of hydrogen-bond donors (Lipinski definition) is 2. The minimum absolute atomic E-state index is 0.487. The number of hydrogen-bond acceptors (Lipinski definition) is 2. The smallest absolute Gasteiger partial charge is 0.0705 e. The van der Waals surface area contributed by atoms with E-state index in [0.717, 1.165) is 0 Å². The van der Waals surface area contributed by atoms with Crippen molar-refractivity contribution in [3.63, 3.8) is 0 Å². The highest BCUT2D eigenvalue weighted by molar-refractivity contribution is 6.36. The SMILES string of the molecule is C[C@@H](O)[C@@H](N)c1c(Cl)cccc1Cl. The van der Waals surface area contributed by atoms with Crippen LogP contribution in [0.5, 0.6) is 0 Å². The van der Waals surface area contributed by atoms with Crippen LogP contribution in [0, 0.1) is 0 Å². The predicted octanol–water partition coefficient (Wildman–Crippen LogP) is 2.37. The molecule has 0 saturated carbocycles. The molecule has 0 heterocycles. The molecule has 0 spiro atoms. The van der Waals surface area contributed by atoms with Gasteiger partial charge in [0, 0.05) is 15.6 Å². The fraction of sp³-hybridized carbons (Fsp3) is 0.333. The quantitative estimate of drug-likeness (QED) is 0.803. The van der Waals surface area contributed by atoms with Crippen molar-refractivity contribution in [3.8, 4) is 0 Å². The Bertz CT molecular complexity index is 281. The summed E-state index contributed by atoms with van der Waals surface area (Å²) in [5.74, 6) is 0. The maximum atomic E-state index is 9.28. The van der Waals surface area contributed by atoms with Gasteiger partial charge in [0.25, 0.3) is 0 Å². The predicted molar refractivity (Wildman–Crippen MR) is 55.1 cm³/mol. The van der Waals surface area contributed by atoms with E-state index >= 15 is 0 Å². The second-order valence-corrected chi connectivity index (χ2v) is 3.72. The van der Waals surface area contributed by atoms with Gasteiger partial charge in [0.2, 0.25) is 0 Å². The molecular weight excluding hydrogens is 209 g/mol. The van der Waals surface area contributed by atoms with Gasteiger partial charge in [0.15, 0.2) is 0 Å². The Morgan fingerprint density at radius 3 is 2.15 bits per heavy atom. The molecule has 0 saturated heterocycles. The molecule has 1 aromatic rings. The number of halogens is 2. The van der Waals surface area contributed by atoms with Crippen LogP contribution in [-0.4, -0.2) is 11.2 Å². The molecule has 0 aliphatic carbocycles. The van der Waals surface area contributed by atoms with Crippen molar-refractivity contribution in [2.45, 2.75) is 19.1 Å². The Morgan fingerprint density at radius 1 is 1.31 bits per heavy atom. The second-order valence-electron chi connectivity index (χ2n) is 2.90. The van der Waals surface area contributed by atoms with Crippen molar-refractivity contribution >= 4 is 23.2 Å². The maximum Gasteiger partial charge on any atom is 0.0705 e. The lowest BCUT2D eigenvalue weighted by Crippen LogP contribution is -2.23. The standard InChI is InChI=1S/C9H11Cl2NO/c1-5(13)9(12)8-6(10)3-2-4-7(8)11/h2-5,9,13H,12H2,1H3/t5-,9-/m1/s1. The molecule has 1 rings (SSSR count). The summed E-state index contributed by atoms with van der Waals surface area (Å²) in [6.07, 6.45) is -0.669. The molecule has 0 bridgehead atoms. The van der Waals surface area contributed by atoms with E-state index in [1.165, 1.54) is 0 Å². The van der Waals surface area contributed by atoms with Gasteiger partial charge in [-0.2, -0.15) is 0 Å². The highest BCUT2D eigenvalue weighted by Crippen LogP contribution is 2.30. The molecular formula is C9H11Cl2NO. The Balaban J connectivity index is 3.12. The fourth-order valence-corrected chi connectivity index (χ4v) is 1.72. The summed E-state index contributed by atoms with van der Waals surface area (Å²) in [7, 11) is 0. The van der Waals surface area contributed by atoms with Gasteiger partial charge in [-0.3, -0.25) is 0 Å². The van der Waals surface area contributed by atoms with E-state index in [1.54, 1.807) is 25.1 Å². The van der Waals surface area contributed by atoms with Gasteiger partial charge in [0.1, 0.15) is 0 Å². The molecule has 0 aliphatic heterocycles. The van der Waals surface area contributed by atoms with Crippen molar-refractivity contribution in [2.24, 2.45) is 5.73 Å². The van der Waals surface area contributed by atoms with Crippen molar-refractivity contribution in [1.29, 1.82) is 0 Å². The topological polar surface area (TPSA) is 46.2 Å². The summed E-state index contributed by atoms with van der Waals surface area (Å²) in [5, 5.41) is 10.3. The molecule has 0 fully saturated rings. The molecule has 72 valence electrons. The lowest BCUT2D eigenvalue weighted by Gasteiger charge is -2.17. The van der Waals surface area contributed by atoms with Gasteiger partial charge in [-0.1, -0.05) is 29.3 Å². The van der Waals surface area contributed by atoms with Crippen LogP contribution in [0.1, 0.15) is 18.5 Å². The molecule has 2 atom stereocenters. The van der Waals surface area contributed by atoms with Gasteiger partial charge in [-0.15, -0.1) is 0 Å². The van der Waals surface area contributed by atoms with Crippen LogP contribution in [0.3, 0.4) is 0 Å². The van der Waals surface area contributed by atoms with Crippen LogP contribution < -0.4 is 5.73 Å². The molecule has 3 N–H and O–H groups in total. The van der Waals surface area contributed by atoms with Gasteiger partial charge in [-0.05, 0) is 19.1 Å². The van der Waals surface area contributed by atoms with Gasteiger partial charge in [-0.25, -0.2) is 0 Å². The largest absolute Gasteiger partial charge is 0.391 e. The van der Waals surface area contributed by atoms with Crippen molar-refractivity contribution in [2.75, 3.05) is 0 Å². The number of aliphatic hydroxyl groups is 1. The van der Waals surface area contributed by atoms with E-state index < -0.39 is 12.1 Å². The van der Waals surface area contributed by atoms with E-state index in [2.05, 4.69) is 0 Å². The van der Waals surface area contributed by atoms with Crippen LogP contribution in [0.2, 0.25) is 10.0 Å². The molecule has 1 aromatic carbocycles. The third-order valence-electron chi connectivity index (χ3n) is 1.85. The van der Waals surface area contributed by atoms with Crippen LogP contribution in [0.4, 0.5) is 0 Å². The molecule has 0 radical (unpaired) electrons. The Labute approximate surface area is 87.3 Å². The number of aliphatic hydroxyl groups excluding tert-OH is 1. The van der Waals surface area contributed by atoms with E-state index in [4.69, 9.17) is 28.9 Å². The Hall–Kier alpha value is -0.280. The summed E-state index contributed by atoms with van der Waals surface area (Å²) >= 11 is 11.8. The van der Waals surface area contributed by atoms with E-state index in [9.17, 15) is 5.11 Å². The molecule has 0 aliphatic rings. The fourth-order valence-electron chi connectivity index (χ4n) is 1.07. The second kappa shape index (κ2) is 4.29. The first kappa shape index (κ1) is 10.8. The highest BCUT2D eigenvalue weighted by Gasteiger charge is 2.17. The zero-order valence-electron chi connectivity index (χ0n) is 7.17. The third-order valence-corrected chi connectivity index (χ3v) is 2.51. The zero-order valence-corrected chi connectivity index (χ0v) is 8.68. The van der Waals surface area contributed by atoms with E-state index in [0.29, 0.717) is 15.6 Å². The molecule has 13 heavy (non-hydrogen) atoms. The third kappa shape index (κ3) is 2.35. The van der Waals surface area contributed by atoms with Crippen LogP contribution in [0.25, 0.3) is 0 Å². The van der Waals surface area contributed by atoms with Crippen LogP contribution in [-0.2, 0) is 0 Å². The van der Waals surface area contributed by atoms with Crippen molar-refractivity contribution in [3.05, 3.63) is 33.8 Å². The average Bonchev–Trinajstić information content (AvgIpc) is 2.03. The summed E-state index contributed by atoms with van der Waals surface area (Å²) in [6, 6.07) is 4.60. The Morgan fingerprint density at radius 2 is 1.77 bits per heavy atom. The van der Waals surface area contributed by atoms with Gasteiger partial charge < -0.3 is 10.8 Å². The first-order chi connectivity index (χ1) is 6.04. The van der Waals surface area contributed by atoms with Crippen LogP contribution in [0.15, 0.2) is 18.2 Å². The zero-order chi connectivity index (χ0) is 10.0. The summed E-state index contributed by atoms with van der Waals surface area (Å²) in [6.45, 7) is 1.60. The minimum atomic E-state index is -0.669. The molecule has 0 amide bonds. The summed E-state index contributed by atoms with van der Waals surface area (Å²) < 4.78 is 0. The first-order valence-corrected chi connectivity index (χ1v) is 4.67. The van der Waals surface area contributed by atoms with Gasteiger partial charge >= 0.3 is 0 Å². The maximum absolute atomic E-state index is 9.28. The number of rotatable bonds is 2. The Kier molecular flexibility index (Phi) is 3.56. The van der Waals surface area contributed by atoms with Crippen molar-refractivity contribution < 1.29 is 5.11 Å². The molecule has 0 aromatic heterocycles. The van der Waals surface area contributed by atoms with Crippen molar-refractivity contribution in [1.82, 2.24) is 0 Å². The average molecular weight is 220 g/mol. The summed E-state index contributed by atoms with van der Waals surface area (Å²) in [5.41, 5.74) is 6.32.